The molecule has 0 aliphatic carbocycles. The number of nitrogens with one attached hydrogen (secondary N) is 1. The second-order valence-electron chi connectivity index (χ2n) is 7.68. The van der Waals surface area contributed by atoms with Crippen molar-refractivity contribution >= 4 is 23.4 Å². The standard InChI is InChI=1S/C26H29N5S/c1-3-4-5-12-19-32-25-24(20(2)31(30-25)22-15-10-7-11-16-22)23-17-18-27-26(29-23)28-21-13-8-6-9-14-21/h6-11,13-18H,3-5,12,19H2,1-2H3,(H,27,28,29). The fraction of sp³-hybridized carbons (Fsp3) is 0.269. The summed E-state index contributed by atoms with van der Waals surface area (Å²) in [5, 5.41) is 9.31. The second kappa shape index (κ2) is 11.0. The molecule has 164 valence electrons. The van der Waals surface area contributed by atoms with E-state index in [-0.39, 0.29) is 0 Å². The van der Waals surface area contributed by atoms with Crippen molar-refractivity contribution in [1.82, 2.24) is 19.7 Å². The lowest BCUT2D eigenvalue weighted by Gasteiger charge is -2.08. The fourth-order valence-electron chi connectivity index (χ4n) is 3.60. The molecule has 4 rings (SSSR count). The van der Waals surface area contributed by atoms with Gasteiger partial charge in [0.2, 0.25) is 5.95 Å². The van der Waals surface area contributed by atoms with Gasteiger partial charge in [-0.15, -0.1) is 11.8 Å². The molecule has 0 unspecified atom stereocenters. The van der Waals surface area contributed by atoms with Crippen LogP contribution in [0.3, 0.4) is 0 Å². The zero-order valence-electron chi connectivity index (χ0n) is 18.7. The van der Waals surface area contributed by atoms with Gasteiger partial charge in [-0.25, -0.2) is 14.6 Å². The van der Waals surface area contributed by atoms with E-state index in [0.717, 1.165) is 39.1 Å². The molecule has 0 radical (unpaired) electrons. The minimum absolute atomic E-state index is 0.583. The highest BCUT2D eigenvalue weighted by atomic mass is 32.2. The first-order valence-corrected chi connectivity index (χ1v) is 12.2. The Kier molecular flexibility index (Phi) is 7.56. The summed E-state index contributed by atoms with van der Waals surface area (Å²) in [7, 11) is 0. The first-order chi connectivity index (χ1) is 15.8. The van der Waals surface area contributed by atoms with Crippen molar-refractivity contribution in [3.8, 4) is 16.9 Å². The molecule has 0 amide bonds. The van der Waals surface area contributed by atoms with Crippen LogP contribution in [0.2, 0.25) is 0 Å². The number of para-hydroxylation sites is 2. The molecule has 0 aliphatic heterocycles. The maximum absolute atomic E-state index is 4.99. The van der Waals surface area contributed by atoms with Crippen LogP contribution in [0.1, 0.15) is 38.3 Å². The third kappa shape index (κ3) is 5.37. The summed E-state index contributed by atoms with van der Waals surface area (Å²) < 4.78 is 2.02. The van der Waals surface area contributed by atoms with Gasteiger partial charge in [-0.05, 0) is 49.4 Å². The van der Waals surface area contributed by atoms with Gasteiger partial charge in [0.15, 0.2) is 0 Å². The number of rotatable bonds is 10. The normalized spacial score (nSPS) is 10.9. The maximum Gasteiger partial charge on any atom is 0.227 e. The molecule has 4 aromatic rings. The Morgan fingerprint density at radius 1 is 0.906 bits per heavy atom. The Morgan fingerprint density at radius 2 is 1.66 bits per heavy atom. The Balaban J connectivity index is 1.67. The summed E-state index contributed by atoms with van der Waals surface area (Å²) in [4.78, 5) is 9.26. The highest BCUT2D eigenvalue weighted by molar-refractivity contribution is 7.99. The summed E-state index contributed by atoms with van der Waals surface area (Å²) in [6.07, 6.45) is 6.79. The summed E-state index contributed by atoms with van der Waals surface area (Å²) in [5.74, 6) is 1.64. The topological polar surface area (TPSA) is 55.6 Å². The van der Waals surface area contributed by atoms with E-state index in [1.165, 1.54) is 25.7 Å². The average Bonchev–Trinajstić information content (AvgIpc) is 3.16. The summed E-state index contributed by atoms with van der Waals surface area (Å²) in [6, 6.07) is 22.2. The maximum atomic E-state index is 4.99. The molecule has 5 nitrogen and oxygen atoms in total. The zero-order chi connectivity index (χ0) is 22.2. The van der Waals surface area contributed by atoms with Gasteiger partial charge < -0.3 is 5.32 Å². The van der Waals surface area contributed by atoms with Crippen LogP contribution in [0, 0.1) is 6.92 Å². The quantitative estimate of drug-likeness (QED) is 0.210. The van der Waals surface area contributed by atoms with Gasteiger partial charge >= 0.3 is 0 Å². The molecule has 2 heterocycles. The van der Waals surface area contributed by atoms with Crippen LogP contribution in [0.5, 0.6) is 0 Å². The molecule has 1 N–H and O–H groups in total. The Labute approximate surface area is 194 Å². The van der Waals surface area contributed by atoms with Crippen molar-refractivity contribution in [2.75, 3.05) is 11.1 Å². The Bertz CT molecular complexity index is 1130. The molecule has 0 spiro atoms. The molecule has 2 aromatic carbocycles. The van der Waals surface area contributed by atoms with Crippen LogP contribution in [-0.2, 0) is 0 Å². The van der Waals surface area contributed by atoms with E-state index in [4.69, 9.17) is 10.1 Å². The van der Waals surface area contributed by atoms with E-state index < -0.39 is 0 Å². The van der Waals surface area contributed by atoms with Crippen molar-refractivity contribution in [2.24, 2.45) is 0 Å². The SMILES string of the molecule is CCCCCCSc1nn(-c2ccccc2)c(C)c1-c1ccnc(Nc2ccccc2)n1. The minimum atomic E-state index is 0.583. The molecular formula is C26H29N5S. The van der Waals surface area contributed by atoms with Gasteiger partial charge in [-0.2, -0.15) is 5.10 Å². The zero-order valence-corrected chi connectivity index (χ0v) is 19.5. The largest absolute Gasteiger partial charge is 0.324 e. The fourth-order valence-corrected chi connectivity index (χ4v) is 4.68. The highest BCUT2D eigenvalue weighted by Gasteiger charge is 2.19. The molecule has 0 aliphatic rings. The van der Waals surface area contributed by atoms with Crippen LogP contribution in [-0.4, -0.2) is 25.5 Å². The third-order valence-electron chi connectivity index (χ3n) is 5.26. The lowest BCUT2D eigenvalue weighted by atomic mass is 10.2. The molecule has 2 aromatic heterocycles. The molecule has 32 heavy (non-hydrogen) atoms. The van der Waals surface area contributed by atoms with E-state index >= 15 is 0 Å². The summed E-state index contributed by atoms with van der Waals surface area (Å²) in [6.45, 7) is 4.36. The number of nitrogens with zero attached hydrogens (tertiary/aromatic N) is 4. The molecule has 0 saturated carbocycles. The number of anilines is 2. The minimum Gasteiger partial charge on any atom is -0.324 e. The van der Waals surface area contributed by atoms with Gasteiger partial charge in [0.1, 0.15) is 5.03 Å². The number of thioether (sulfide) groups is 1. The molecule has 0 fully saturated rings. The Hall–Kier alpha value is -3.12. The highest BCUT2D eigenvalue weighted by Crippen LogP contribution is 2.35. The van der Waals surface area contributed by atoms with Crippen LogP contribution in [0.4, 0.5) is 11.6 Å². The van der Waals surface area contributed by atoms with Crippen LogP contribution in [0.15, 0.2) is 78.0 Å². The van der Waals surface area contributed by atoms with E-state index in [1.807, 2.05) is 77.2 Å². The lowest BCUT2D eigenvalue weighted by molar-refractivity contribution is 0.706. The number of benzene rings is 2. The van der Waals surface area contributed by atoms with Crippen molar-refractivity contribution in [3.05, 3.63) is 78.6 Å². The van der Waals surface area contributed by atoms with Crippen molar-refractivity contribution in [1.29, 1.82) is 0 Å². The lowest BCUT2D eigenvalue weighted by Crippen LogP contribution is -2.00. The van der Waals surface area contributed by atoms with Gasteiger partial charge in [-0.1, -0.05) is 62.6 Å². The molecular weight excluding hydrogens is 414 g/mol. The van der Waals surface area contributed by atoms with Crippen LogP contribution in [0.25, 0.3) is 16.9 Å². The molecule has 6 heteroatoms. The summed E-state index contributed by atoms with van der Waals surface area (Å²) >= 11 is 1.82. The number of hydrogen-bond donors (Lipinski definition) is 1. The average molecular weight is 444 g/mol. The molecule has 0 bridgehead atoms. The van der Waals surface area contributed by atoms with E-state index in [0.29, 0.717) is 5.95 Å². The van der Waals surface area contributed by atoms with E-state index in [2.05, 4.69) is 36.3 Å². The van der Waals surface area contributed by atoms with Crippen molar-refractivity contribution < 1.29 is 0 Å². The van der Waals surface area contributed by atoms with Gasteiger partial charge in [0, 0.05) is 11.9 Å². The predicted octanol–water partition coefficient (Wildman–Crippen LogP) is 7.05. The first kappa shape index (κ1) is 22.1. The second-order valence-corrected chi connectivity index (χ2v) is 8.76. The Morgan fingerprint density at radius 3 is 2.41 bits per heavy atom. The third-order valence-corrected chi connectivity index (χ3v) is 6.32. The monoisotopic (exact) mass is 443 g/mol. The number of unbranched alkanes of at least 4 members (excludes halogenated alkanes) is 3. The van der Waals surface area contributed by atoms with Gasteiger partial charge in [0.25, 0.3) is 0 Å². The molecule has 0 atom stereocenters. The van der Waals surface area contributed by atoms with Gasteiger partial charge in [-0.3, -0.25) is 0 Å². The number of hydrogen-bond acceptors (Lipinski definition) is 5. The van der Waals surface area contributed by atoms with Crippen molar-refractivity contribution in [2.45, 2.75) is 44.6 Å². The van der Waals surface area contributed by atoms with E-state index in [1.54, 1.807) is 0 Å². The molecule has 0 saturated heterocycles. The predicted molar refractivity (Wildman–Crippen MR) is 134 cm³/mol. The smallest absolute Gasteiger partial charge is 0.227 e. The van der Waals surface area contributed by atoms with Crippen LogP contribution >= 0.6 is 11.8 Å². The van der Waals surface area contributed by atoms with Gasteiger partial charge in [0.05, 0.1) is 22.6 Å². The number of aromatic nitrogens is 4. The summed E-state index contributed by atoms with van der Waals surface area (Å²) in [5.41, 5.74) is 5.06. The van der Waals surface area contributed by atoms with Crippen LogP contribution < -0.4 is 5.32 Å². The first-order valence-electron chi connectivity index (χ1n) is 11.2. The van der Waals surface area contributed by atoms with Crippen molar-refractivity contribution in [3.63, 3.8) is 0 Å². The van der Waals surface area contributed by atoms with E-state index in [9.17, 15) is 0 Å².